The van der Waals surface area contributed by atoms with Gasteiger partial charge in [0, 0.05) is 6.61 Å². The van der Waals surface area contributed by atoms with Crippen LogP contribution in [-0.2, 0) is 4.74 Å². The Morgan fingerprint density at radius 2 is 2.06 bits per heavy atom. The second-order valence-electron chi connectivity index (χ2n) is 4.05. The summed E-state index contributed by atoms with van der Waals surface area (Å²) in [6.07, 6.45) is 0.710. The highest BCUT2D eigenvalue weighted by atomic mass is 19.4. The van der Waals surface area contributed by atoms with E-state index < -0.39 is 11.9 Å². The second kappa shape index (κ2) is 6.13. The van der Waals surface area contributed by atoms with Crippen LogP contribution in [0.4, 0.5) is 13.2 Å². The van der Waals surface area contributed by atoms with Crippen molar-refractivity contribution in [1.82, 2.24) is 0 Å². The first-order valence-electron chi connectivity index (χ1n) is 5.55. The van der Waals surface area contributed by atoms with Crippen LogP contribution >= 0.6 is 0 Å². The van der Waals surface area contributed by atoms with E-state index in [0.717, 1.165) is 31.8 Å². The molecule has 0 amide bonds. The van der Waals surface area contributed by atoms with Crippen LogP contribution in [0, 0.1) is 5.92 Å². The van der Waals surface area contributed by atoms with Crippen molar-refractivity contribution in [3.63, 3.8) is 0 Å². The minimum absolute atomic E-state index is 0.157. The van der Waals surface area contributed by atoms with Gasteiger partial charge in [0.25, 0.3) is 0 Å². The van der Waals surface area contributed by atoms with Gasteiger partial charge in [-0.15, -0.1) is 0 Å². The zero-order valence-electron chi connectivity index (χ0n) is 9.09. The Labute approximate surface area is 93.1 Å². The molecular weight excluding hydrogens is 221 g/mol. The number of rotatable bonds is 5. The summed E-state index contributed by atoms with van der Waals surface area (Å²) in [7, 11) is 0. The fourth-order valence-electron chi connectivity index (χ4n) is 1.73. The van der Waals surface area contributed by atoms with Crippen LogP contribution in [0.1, 0.15) is 32.1 Å². The van der Waals surface area contributed by atoms with E-state index in [2.05, 4.69) is 0 Å². The Morgan fingerprint density at radius 3 is 2.56 bits per heavy atom. The Hall–Kier alpha value is -0.710. The summed E-state index contributed by atoms with van der Waals surface area (Å²) in [5.74, 6) is -0.663. The molecule has 0 saturated heterocycles. The molecule has 0 bridgehead atoms. The maximum atomic E-state index is 12.2. The molecule has 0 aromatic carbocycles. The number of ether oxygens (including phenoxy) is 1. The molecule has 0 aromatic rings. The average molecular weight is 238 g/mol. The molecule has 1 atom stereocenters. The molecule has 1 aliphatic heterocycles. The zero-order valence-corrected chi connectivity index (χ0v) is 9.09. The number of alkyl halides is 3. The quantitative estimate of drug-likeness (QED) is 0.746. The van der Waals surface area contributed by atoms with Gasteiger partial charge in [0.2, 0.25) is 0 Å². The lowest BCUT2D eigenvalue weighted by Crippen LogP contribution is -2.22. The van der Waals surface area contributed by atoms with Crippen molar-refractivity contribution in [2.24, 2.45) is 5.92 Å². The molecule has 0 spiro atoms. The summed E-state index contributed by atoms with van der Waals surface area (Å²) in [5, 5.41) is 8.57. The van der Waals surface area contributed by atoms with E-state index in [1.165, 1.54) is 0 Å². The van der Waals surface area contributed by atoms with Gasteiger partial charge in [-0.1, -0.05) is 12.8 Å². The number of hydrogen-bond donors (Lipinski definition) is 1. The van der Waals surface area contributed by atoms with Crippen molar-refractivity contribution < 1.29 is 23.0 Å². The fraction of sp³-hybridized carbons (Fsp3) is 0.818. The van der Waals surface area contributed by atoms with Gasteiger partial charge in [-0.05, 0) is 31.3 Å². The minimum atomic E-state index is -4.35. The molecular formula is C11H17F3O2. The second-order valence-corrected chi connectivity index (χ2v) is 4.05. The van der Waals surface area contributed by atoms with Gasteiger partial charge in [-0.3, -0.25) is 0 Å². The van der Waals surface area contributed by atoms with Gasteiger partial charge in [-0.25, -0.2) is 0 Å². The number of aliphatic hydroxyl groups is 1. The predicted octanol–water partition coefficient (Wildman–Crippen LogP) is 3.02. The molecule has 1 heterocycles. The molecule has 0 fully saturated rings. The van der Waals surface area contributed by atoms with Crippen molar-refractivity contribution in [2.75, 3.05) is 13.2 Å². The van der Waals surface area contributed by atoms with Crippen molar-refractivity contribution >= 4 is 0 Å². The number of unbranched alkanes of at least 4 members (excludes halogenated alkanes) is 2. The third kappa shape index (κ3) is 4.43. The SMILES string of the molecule is OCCCCCC1CC=C(C(F)(F)F)OC1. The third-order valence-corrected chi connectivity index (χ3v) is 2.66. The molecule has 94 valence electrons. The smallest absolute Gasteiger partial charge is 0.448 e. The molecule has 0 saturated carbocycles. The summed E-state index contributed by atoms with van der Waals surface area (Å²) < 4.78 is 41.3. The van der Waals surface area contributed by atoms with Gasteiger partial charge < -0.3 is 9.84 Å². The standard InChI is InChI=1S/C11H17F3O2/c12-11(13,14)10-6-5-9(8-16-10)4-2-1-3-7-15/h6,9,15H,1-5,7-8H2. The van der Waals surface area contributed by atoms with Crippen LogP contribution in [0.15, 0.2) is 11.8 Å². The van der Waals surface area contributed by atoms with Crippen LogP contribution in [0.5, 0.6) is 0 Å². The van der Waals surface area contributed by atoms with Crippen molar-refractivity contribution in [2.45, 2.75) is 38.3 Å². The van der Waals surface area contributed by atoms with Gasteiger partial charge in [0.05, 0.1) is 6.61 Å². The summed E-state index contributed by atoms with van der Waals surface area (Å²) in [6.45, 7) is 0.337. The summed E-state index contributed by atoms with van der Waals surface area (Å²) in [4.78, 5) is 0. The van der Waals surface area contributed by atoms with Crippen molar-refractivity contribution in [3.8, 4) is 0 Å². The molecule has 2 nitrogen and oxygen atoms in total. The molecule has 0 radical (unpaired) electrons. The monoisotopic (exact) mass is 238 g/mol. The van der Waals surface area contributed by atoms with Crippen molar-refractivity contribution in [1.29, 1.82) is 0 Å². The Morgan fingerprint density at radius 1 is 1.31 bits per heavy atom. The van der Waals surface area contributed by atoms with E-state index in [9.17, 15) is 13.2 Å². The maximum absolute atomic E-state index is 12.2. The summed E-state index contributed by atoms with van der Waals surface area (Å²) in [6, 6.07) is 0. The highest BCUT2D eigenvalue weighted by molar-refractivity contribution is 5.03. The Balaban J connectivity index is 2.23. The number of halogens is 3. The summed E-state index contributed by atoms with van der Waals surface area (Å²) in [5.41, 5.74) is 0. The summed E-state index contributed by atoms with van der Waals surface area (Å²) >= 11 is 0. The first-order chi connectivity index (χ1) is 7.54. The van der Waals surface area contributed by atoms with Gasteiger partial charge in [-0.2, -0.15) is 13.2 Å². The topological polar surface area (TPSA) is 29.5 Å². The van der Waals surface area contributed by atoms with Gasteiger partial charge >= 0.3 is 6.18 Å². The maximum Gasteiger partial charge on any atom is 0.448 e. The molecule has 0 aromatic heterocycles. The Bertz CT molecular complexity index is 236. The highest BCUT2D eigenvalue weighted by Gasteiger charge is 2.37. The largest absolute Gasteiger partial charge is 0.489 e. The van der Waals surface area contributed by atoms with Crippen LogP contribution in [0.25, 0.3) is 0 Å². The molecule has 1 rings (SSSR count). The lowest BCUT2D eigenvalue weighted by Gasteiger charge is -2.24. The van der Waals surface area contributed by atoms with Gasteiger partial charge in [0.1, 0.15) is 0 Å². The van der Waals surface area contributed by atoms with E-state index in [-0.39, 0.29) is 19.1 Å². The van der Waals surface area contributed by atoms with E-state index in [1.54, 1.807) is 0 Å². The third-order valence-electron chi connectivity index (χ3n) is 2.66. The van der Waals surface area contributed by atoms with Crippen LogP contribution in [0.3, 0.4) is 0 Å². The molecule has 5 heteroatoms. The molecule has 16 heavy (non-hydrogen) atoms. The lowest BCUT2D eigenvalue weighted by atomic mass is 9.97. The number of aliphatic hydroxyl groups excluding tert-OH is 1. The van der Waals surface area contributed by atoms with E-state index in [4.69, 9.17) is 9.84 Å². The molecule has 1 N–H and O–H groups in total. The average Bonchev–Trinajstić information content (AvgIpc) is 2.24. The first kappa shape index (κ1) is 13.4. The minimum Gasteiger partial charge on any atom is -0.489 e. The molecule has 0 aliphatic carbocycles. The zero-order chi connectivity index (χ0) is 12.0. The number of allylic oxidation sites excluding steroid dienone is 2. The van der Waals surface area contributed by atoms with E-state index in [0.29, 0.717) is 6.42 Å². The molecule has 1 unspecified atom stereocenters. The van der Waals surface area contributed by atoms with Crippen LogP contribution < -0.4 is 0 Å². The lowest BCUT2D eigenvalue weighted by molar-refractivity contribution is -0.136. The normalized spacial score (nSPS) is 21.5. The van der Waals surface area contributed by atoms with Crippen molar-refractivity contribution in [3.05, 3.63) is 11.8 Å². The van der Waals surface area contributed by atoms with E-state index >= 15 is 0 Å². The highest BCUT2D eigenvalue weighted by Crippen LogP contribution is 2.32. The van der Waals surface area contributed by atoms with Crippen LogP contribution in [-0.4, -0.2) is 24.5 Å². The predicted molar refractivity (Wildman–Crippen MR) is 53.8 cm³/mol. The first-order valence-corrected chi connectivity index (χ1v) is 5.55. The van der Waals surface area contributed by atoms with Crippen LogP contribution in [0.2, 0.25) is 0 Å². The van der Waals surface area contributed by atoms with Gasteiger partial charge in [0.15, 0.2) is 5.76 Å². The van der Waals surface area contributed by atoms with E-state index in [1.807, 2.05) is 0 Å². The molecule has 1 aliphatic rings. The number of hydrogen-bond acceptors (Lipinski definition) is 2. The Kier molecular flexibility index (Phi) is 5.12. The fourth-order valence-corrected chi connectivity index (χ4v) is 1.73.